The van der Waals surface area contributed by atoms with Crippen LogP contribution in [0.25, 0.3) is 105 Å². The van der Waals surface area contributed by atoms with Crippen LogP contribution in [-0.4, -0.2) is 13.7 Å². The highest BCUT2D eigenvalue weighted by Crippen LogP contribution is 2.54. The quantitative estimate of drug-likeness (QED) is 0.121. The Balaban J connectivity index is 1.15. The predicted octanol–water partition coefficient (Wildman–Crippen LogP) is 23.2. The van der Waals surface area contributed by atoms with Gasteiger partial charge in [0.15, 0.2) is 0 Å². The molecule has 16 aromatic rings. The molecule has 0 fully saturated rings. The highest BCUT2D eigenvalue weighted by atomic mass is 19.4. The molecule has 3 heterocycles. The van der Waals surface area contributed by atoms with E-state index in [9.17, 15) is 5.26 Å². The van der Waals surface area contributed by atoms with Crippen LogP contribution in [0, 0.1) is 11.3 Å². The molecule has 0 aliphatic carbocycles. The summed E-state index contributed by atoms with van der Waals surface area (Å²) >= 11 is 0. The number of rotatable bonds is 11. The number of hydrogen-bond donors (Lipinski definition) is 0. The van der Waals surface area contributed by atoms with Crippen molar-refractivity contribution < 1.29 is 26.3 Å². The standard InChI is InChI=1S/C81H50F6N6/c82-80(83,84)54-39-43-71-64(47-54)62-35-19-21-37-69(62)91(71)77-68(51-88)78(92-70-38-22-20-36-63(70)65-48-55(81(85,86)87)40-44-72(65)92)76(53-25-9-2-10-26-53)79(75(77)52-23-7-1-8-24-52)93-73-45-41-60(89(56-27-11-3-12-28-56)57-29-13-4-14-30-57)49-66(73)67-50-61(42-46-74(67)93)90(58-31-15-5-16-32-58)59-33-17-6-18-34-59/h1-50H. The third-order valence-electron chi connectivity index (χ3n) is 17.6. The van der Waals surface area contributed by atoms with Crippen molar-refractivity contribution in [2.75, 3.05) is 9.80 Å². The molecule has 93 heavy (non-hydrogen) atoms. The summed E-state index contributed by atoms with van der Waals surface area (Å²) in [6.45, 7) is 0. The summed E-state index contributed by atoms with van der Waals surface area (Å²) in [5.74, 6) is 0. The summed E-state index contributed by atoms with van der Waals surface area (Å²) in [7, 11) is 0. The lowest BCUT2D eigenvalue weighted by molar-refractivity contribution is -0.138. The molecule has 0 amide bonds. The molecule has 6 nitrogen and oxygen atoms in total. The molecule has 12 heteroatoms. The van der Waals surface area contributed by atoms with Gasteiger partial charge in [-0.2, -0.15) is 31.6 Å². The molecule has 0 saturated carbocycles. The fourth-order valence-electron chi connectivity index (χ4n) is 13.7. The van der Waals surface area contributed by atoms with Crippen LogP contribution in [0.3, 0.4) is 0 Å². The zero-order valence-corrected chi connectivity index (χ0v) is 49.3. The first-order valence-electron chi connectivity index (χ1n) is 30.3. The molecule has 0 spiro atoms. The highest BCUT2D eigenvalue weighted by molar-refractivity contribution is 6.17. The number of alkyl halides is 6. The first-order chi connectivity index (χ1) is 45.4. The highest BCUT2D eigenvalue weighted by Gasteiger charge is 2.37. The number of nitrogens with zero attached hydrogens (tertiary/aromatic N) is 6. The van der Waals surface area contributed by atoms with E-state index in [0.29, 0.717) is 82.9 Å². The minimum absolute atomic E-state index is 0.106. The van der Waals surface area contributed by atoms with Gasteiger partial charge < -0.3 is 23.5 Å². The molecule has 0 aliphatic rings. The largest absolute Gasteiger partial charge is 0.416 e. The fourth-order valence-corrected chi connectivity index (χ4v) is 13.7. The Bertz CT molecular complexity index is 5180. The lowest BCUT2D eigenvalue weighted by Crippen LogP contribution is -2.14. The third-order valence-corrected chi connectivity index (χ3v) is 17.6. The second-order valence-electron chi connectivity index (χ2n) is 22.9. The normalized spacial score (nSPS) is 12.0. The third kappa shape index (κ3) is 9.34. The number of para-hydroxylation sites is 6. The molecule has 3 aromatic heterocycles. The Hall–Kier alpha value is -12.1. The van der Waals surface area contributed by atoms with E-state index in [0.717, 1.165) is 80.2 Å². The van der Waals surface area contributed by atoms with Crippen molar-refractivity contribution in [3.8, 4) is 45.4 Å². The monoisotopic (exact) mass is 1220 g/mol. The topological polar surface area (TPSA) is 45.1 Å². The second-order valence-corrected chi connectivity index (χ2v) is 22.9. The molecule has 0 atom stereocenters. The first-order valence-corrected chi connectivity index (χ1v) is 30.3. The minimum Gasteiger partial charge on any atom is -0.310 e. The van der Waals surface area contributed by atoms with Gasteiger partial charge in [0.2, 0.25) is 0 Å². The first kappa shape index (κ1) is 56.2. The number of nitriles is 1. The van der Waals surface area contributed by atoms with Crippen molar-refractivity contribution in [3.63, 3.8) is 0 Å². The van der Waals surface area contributed by atoms with Gasteiger partial charge in [-0.05, 0) is 145 Å². The number of benzene rings is 13. The fraction of sp³-hybridized carbons (Fsp3) is 0.0247. The molecule has 0 radical (unpaired) electrons. The molecular weight excluding hydrogens is 1170 g/mol. The Labute approximate surface area is 529 Å². The van der Waals surface area contributed by atoms with Crippen molar-refractivity contribution in [2.45, 2.75) is 12.4 Å². The van der Waals surface area contributed by atoms with Crippen LogP contribution >= 0.6 is 0 Å². The number of fused-ring (bicyclic) bond motifs is 9. The van der Waals surface area contributed by atoms with Crippen molar-refractivity contribution in [1.82, 2.24) is 13.7 Å². The van der Waals surface area contributed by atoms with E-state index < -0.39 is 23.5 Å². The van der Waals surface area contributed by atoms with Crippen LogP contribution in [0.1, 0.15) is 16.7 Å². The number of hydrogen-bond acceptors (Lipinski definition) is 3. The maximum atomic E-state index is 15.0. The van der Waals surface area contributed by atoms with Crippen LogP contribution in [0.4, 0.5) is 60.5 Å². The number of halogens is 6. The van der Waals surface area contributed by atoms with Gasteiger partial charge in [-0.15, -0.1) is 0 Å². The summed E-state index contributed by atoms with van der Waals surface area (Å²) in [6.07, 6.45) is -9.39. The van der Waals surface area contributed by atoms with Crippen LogP contribution < -0.4 is 9.80 Å². The lowest BCUT2D eigenvalue weighted by Gasteiger charge is -2.29. The van der Waals surface area contributed by atoms with Gasteiger partial charge >= 0.3 is 12.4 Å². The molecular formula is C81H50F6N6. The maximum Gasteiger partial charge on any atom is 0.416 e. The van der Waals surface area contributed by atoms with Gasteiger partial charge in [0, 0.05) is 77.6 Å². The average Bonchev–Trinajstić information content (AvgIpc) is 1.63. The molecule has 0 aliphatic heterocycles. The summed E-state index contributed by atoms with van der Waals surface area (Å²) in [4.78, 5) is 4.43. The molecule has 0 unspecified atom stereocenters. The zero-order valence-electron chi connectivity index (χ0n) is 49.3. The SMILES string of the molecule is N#Cc1c(-n2c3ccccc3c3cc(C(F)(F)F)ccc32)c(-c2ccccc2)c(-n2c3ccc(N(c4ccccc4)c4ccccc4)cc3c3cc(N(c4ccccc4)c4ccccc4)ccc32)c(-c2ccccc2)c1-n1c2ccccc2c2cc(C(F)(F)F)ccc21. The van der Waals surface area contributed by atoms with Crippen molar-refractivity contribution >= 4 is 99.5 Å². The van der Waals surface area contributed by atoms with Crippen LogP contribution in [-0.2, 0) is 12.4 Å². The lowest BCUT2D eigenvalue weighted by atomic mass is 9.88. The molecule has 0 bridgehead atoms. The van der Waals surface area contributed by atoms with E-state index in [4.69, 9.17) is 0 Å². The maximum absolute atomic E-state index is 15.0. The summed E-state index contributed by atoms with van der Waals surface area (Å²) in [5, 5.41) is 16.0. The van der Waals surface area contributed by atoms with Crippen molar-refractivity contribution in [3.05, 3.63) is 320 Å². The van der Waals surface area contributed by atoms with Gasteiger partial charge in [-0.1, -0.05) is 170 Å². The molecule has 16 rings (SSSR count). The van der Waals surface area contributed by atoms with Gasteiger partial charge in [0.25, 0.3) is 0 Å². The van der Waals surface area contributed by atoms with Crippen molar-refractivity contribution in [1.29, 1.82) is 5.26 Å². The molecule has 0 saturated heterocycles. The van der Waals surface area contributed by atoms with Gasteiger partial charge in [0.05, 0.1) is 61.3 Å². The Morgan fingerprint density at radius 3 is 0.882 bits per heavy atom. The summed E-state index contributed by atoms with van der Waals surface area (Å²) in [5.41, 5.74) is 10.8. The Morgan fingerprint density at radius 1 is 0.269 bits per heavy atom. The summed E-state index contributed by atoms with van der Waals surface area (Å²) in [6, 6.07) is 97.6. The second kappa shape index (κ2) is 22.2. The van der Waals surface area contributed by atoms with E-state index >= 15 is 26.3 Å². The molecule has 0 N–H and O–H groups in total. The number of anilines is 6. The summed E-state index contributed by atoms with van der Waals surface area (Å²) < 4.78 is 96.3. The zero-order chi connectivity index (χ0) is 63.1. The van der Waals surface area contributed by atoms with E-state index in [-0.39, 0.29) is 5.56 Å². The van der Waals surface area contributed by atoms with Gasteiger partial charge in [-0.3, -0.25) is 0 Å². The average molecular weight is 1220 g/mol. The minimum atomic E-state index is -4.70. The molecule has 13 aromatic carbocycles. The van der Waals surface area contributed by atoms with Crippen LogP contribution in [0.2, 0.25) is 0 Å². The predicted molar refractivity (Wildman–Crippen MR) is 364 cm³/mol. The van der Waals surface area contributed by atoms with E-state index in [1.165, 1.54) is 12.1 Å². The van der Waals surface area contributed by atoms with E-state index in [1.807, 2.05) is 167 Å². The van der Waals surface area contributed by atoms with Gasteiger partial charge in [0.1, 0.15) is 11.6 Å². The van der Waals surface area contributed by atoms with Crippen LogP contribution in [0.5, 0.6) is 0 Å². The molecule has 446 valence electrons. The Kier molecular flexibility index (Phi) is 13.4. The smallest absolute Gasteiger partial charge is 0.310 e. The van der Waals surface area contributed by atoms with E-state index in [2.05, 4.69) is 105 Å². The van der Waals surface area contributed by atoms with Crippen molar-refractivity contribution in [2.24, 2.45) is 0 Å². The van der Waals surface area contributed by atoms with E-state index in [1.54, 1.807) is 24.3 Å². The van der Waals surface area contributed by atoms with Gasteiger partial charge in [-0.25, -0.2) is 0 Å². The van der Waals surface area contributed by atoms with Crippen LogP contribution in [0.15, 0.2) is 303 Å². The number of aromatic nitrogens is 3. The Morgan fingerprint density at radius 2 is 0.548 bits per heavy atom.